The van der Waals surface area contributed by atoms with E-state index in [1.165, 1.54) is 24.3 Å². The molecular weight excluding hydrogens is 383 g/mol. The molecule has 0 aromatic heterocycles. The molecule has 0 aliphatic carbocycles. The van der Waals surface area contributed by atoms with Crippen molar-refractivity contribution in [2.24, 2.45) is 0 Å². The maximum atomic E-state index is 12.5. The fraction of sp³-hybridized carbons (Fsp3) is 0.136. The van der Waals surface area contributed by atoms with E-state index >= 15 is 0 Å². The van der Waals surface area contributed by atoms with Crippen molar-refractivity contribution < 1.29 is 29.6 Å². The van der Waals surface area contributed by atoms with Crippen molar-refractivity contribution in [3.8, 4) is 23.0 Å². The number of benzene rings is 3. The van der Waals surface area contributed by atoms with Gasteiger partial charge in [0.2, 0.25) is 0 Å². The van der Waals surface area contributed by atoms with Crippen molar-refractivity contribution in [2.75, 3.05) is 6.61 Å². The Bertz CT molecular complexity index is 1030. The van der Waals surface area contributed by atoms with E-state index in [1.54, 1.807) is 31.2 Å². The van der Waals surface area contributed by atoms with E-state index in [0.717, 1.165) is 0 Å². The molecule has 0 saturated heterocycles. The van der Waals surface area contributed by atoms with E-state index in [4.69, 9.17) is 14.6 Å². The van der Waals surface area contributed by atoms with Gasteiger partial charge in [-0.1, -0.05) is 18.2 Å². The predicted molar refractivity (Wildman–Crippen MR) is 108 cm³/mol. The van der Waals surface area contributed by atoms with Crippen molar-refractivity contribution >= 4 is 35.5 Å². The minimum absolute atomic E-state index is 0. The van der Waals surface area contributed by atoms with Crippen LogP contribution in [0, 0.1) is 0 Å². The zero-order valence-corrected chi connectivity index (χ0v) is 15.0. The molecule has 3 aromatic carbocycles. The van der Waals surface area contributed by atoms with Crippen molar-refractivity contribution in [1.29, 1.82) is 0 Å². The molecule has 0 bridgehead atoms. The average molecular weight is 402 g/mol. The number of hydrogen-bond donors (Lipinski definition) is 3. The number of aromatic hydroxyl groups is 2. The third kappa shape index (κ3) is 3.28. The first kappa shape index (κ1) is 21.2. The Kier molecular flexibility index (Phi) is 5.91. The Morgan fingerprint density at radius 1 is 0.862 bits per heavy atom. The molecule has 0 radical (unpaired) electrons. The minimum atomic E-state index is -1.17. The summed E-state index contributed by atoms with van der Waals surface area (Å²) in [5.41, 5.74) is 1.28. The van der Waals surface area contributed by atoms with Crippen molar-refractivity contribution in [3.63, 3.8) is 0 Å². The number of aliphatic hydroxyl groups excluding tert-OH is 1. The van der Waals surface area contributed by atoms with Gasteiger partial charge in [0.25, 0.3) is 0 Å². The van der Waals surface area contributed by atoms with Crippen LogP contribution in [-0.4, -0.2) is 57.5 Å². The van der Waals surface area contributed by atoms with Crippen LogP contribution in [0.1, 0.15) is 34.0 Å². The maximum absolute atomic E-state index is 12.5. The van der Waals surface area contributed by atoms with Crippen molar-refractivity contribution in [1.82, 2.24) is 0 Å². The number of phenols is 2. The number of esters is 1. The molecule has 0 atom stereocenters. The molecule has 2 aliphatic rings. The molecule has 6 nitrogen and oxygen atoms in total. The summed E-state index contributed by atoms with van der Waals surface area (Å²) in [5, 5.41) is 27.2. The second-order valence-corrected chi connectivity index (χ2v) is 6.40. The number of phenolic OH excluding ortho intramolecular Hbond substituents is 2. The number of hydrogen-bond acceptors (Lipinski definition) is 6. The van der Waals surface area contributed by atoms with Crippen LogP contribution >= 0.6 is 0 Å². The molecule has 3 N–H and O–H groups in total. The van der Waals surface area contributed by atoms with Gasteiger partial charge in [-0.05, 0) is 37.3 Å². The molecule has 0 amide bonds. The molecule has 29 heavy (non-hydrogen) atoms. The normalized spacial score (nSPS) is 14.2. The number of fused-ring (bicyclic) bond motifs is 6. The first-order valence-electron chi connectivity index (χ1n) is 8.79. The summed E-state index contributed by atoms with van der Waals surface area (Å²) in [6, 6.07) is 16.6. The van der Waals surface area contributed by atoms with Gasteiger partial charge in [-0.15, -0.1) is 0 Å². The molecule has 2 heterocycles. The summed E-state index contributed by atoms with van der Waals surface area (Å²) in [6.07, 6.45) is 0. The fourth-order valence-electron chi connectivity index (χ4n) is 3.65. The number of aliphatic hydroxyl groups is 1. The predicted octanol–water partition coefficient (Wildman–Crippen LogP) is 3.02. The van der Waals surface area contributed by atoms with E-state index in [-0.39, 0.29) is 47.7 Å². The zero-order chi connectivity index (χ0) is 19.9. The van der Waals surface area contributed by atoms with Crippen molar-refractivity contribution in [2.45, 2.75) is 12.5 Å². The van der Waals surface area contributed by atoms with Crippen LogP contribution in [0.15, 0.2) is 60.7 Å². The van der Waals surface area contributed by atoms with E-state index in [2.05, 4.69) is 0 Å². The molecule has 0 saturated carbocycles. The van der Waals surface area contributed by atoms with Crippen molar-refractivity contribution in [3.05, 3.63) is 82.9 Å². The van der Waals surface area contributed by atoms with E-state index in [0.29, 0.717) is 33.8 Å². The van der Waals surface area contributed by atoms with Gasteiger partial charge in [-0.25, -0.2) is 4.79 Å². The van der Waals surface area contributed by atoms with Gasteiger partial charge in [0.15, 0.2) is 5.60 Å². The van der Waals surface area contributed by atoms with Crippen LogP contribution in [0.3, 0.4) is 0 Å². The Labute approximate surface area is 189 Å². The van der Waals surface area contributed by atoms with Crippen LogP contribution in [0.2, 0.25) is 0 Å². The average Bonchev–Trinajstić information content (AvgIpc) is 2.96. The molecule has 7 heteroatoms. The Balaban J connectivity index is 0.000000568. The topological polar surface area (TPSA) is 96.2 Å². The summed E-state index contributed by atoms with van der Waals surface area (Å²) in [5.74, 6) is 0.408. The number of rotatable bonds is 0. The number of ether oxygens (including phenoxy) is 2. The molecule has 2 aliphatic heterocycles. The molecular formula is C22H19NaO6. The Hall–Kier alpha value is -2.51. The Morgan fingerprint density at radius 3 is 1.93 bits per heavy atom. The van der Waals surface area contributed by atoms with Gasteiger partial charge in [0.05, 0.1) is 5.56 Å². The monoisotopic (exact) mass is 402 g/mol. The molecule has 144 valence electrons. The van der Waals surface area contributed by atoms with Gasteiger partial charge in [0.1, 0.15) is 23.0 Å². The summed E-state index contributed by atoms with van der Waals surface area (Å²) >= 11 is 0. The van der Waals surface area contributed by atoms with Gasteiger partial charge in [-0.2, -0.15) is 0 Å². The van der Waals surface area contributed by atoms with Gasteiger partial charge < -0.3 is 24.8 Å². The molecule has 1 spiro atoms. The van der Waals surface area contributed by atoms with Gasteiger partial charge in [0, 0.05) is 35.4 Å². The number of carbonyl (C=O) groups is 1. The SMILES string of the molecule is CCO.O=C1OC2(c3ccc(O)cc3Oc3cc(O)ccc32)c2ccccc21.[NaH]. The van der Waals surface area contributed by atoms with Gasteiger partial charge in [-0.3, -0.25) is 0 Å². The van der Waals surface area contributed by atoms with Crippen LogP contribution in [0.4, 0.5) is 0 Å². The third-order valence-corrected chi connectivity index (χ3v) is 4.68. The van der Waals surface area contributed by atoms with Crippen LogP contribution in [-0.2, 0) is 10.3 Å². The standard InChI is InChI=1S/C20H12O5.C2H6O.Na.H/c21-11-5-7-15-17(9-11)24-18-10-12(22)6-8-16(18)20(15)14-4-2-1-3-13(14)19(23)25-20;1-2-3;;/h1-10,21-22H;3H,2H2,1H3;;. The summed E-state index contributed by atoms with van der Waals surface area (Å²) in [6.45, 7) is 1.93. The zero-order valence-electron chi connectivity index (χ0n) is 15.0. The first-order valence-corrected chi connectivity index (χ1v) is 8.79. The van der Waals surface area contributed by atoms with E-state index in [9.17, 15) is 15.0 Å². The first-order chi connectivity index (χ1) is 13.5. The third-order valence-electron chi connectivity index (χ3n) is 4.68. The molecule has 0 unspecified atom stereocenters. The summed E-state index contributed by atoms with van der Waals surface area (Å²) in [7, 11) is 0. The van der Waals surface area contributed by atoms with Crippen LogP contribution in [0.5, 0.6) is 23.0 Å². The quantitative estimate of drug-likeness (QED) is 0.395. The molecule has 0 fully saturated rings. The summed E-state index contributed by atoms with van der Waals surface area (Å²) in [4.78, 5) is 12.5. The molecule has 5 rings (SSSR count). The second-order valence-electron chi connectivity index (χ2n) is 6.40. The Morgan fingerprint density at radius 2 is 1.38 bits per heavy atom. The summed E-state index contributed by atoms with van der Waals surface area (Å²) < 4.78 is 11.8. The van der Waals surface area contributed by atoms with Crippen LogP contribution < -0.4 is 4.74 Å². The second kappa shape index (κ2) is 8.08. The van der Waals surface area contributed by atoms with E-state index < -0.39 is 11.6 Å². The fourth-order valence-corrected chi connectivity index (χ4v) is 3.65. The van der Waals surface area contributed by atoms with Crippen LogP contribution in [0.25, 0.3) is 0 Å². The number of carbonyl (C=O) groups excluding carboxylic acids is 1. The van der Waals surface area contributed by atoms with Gasteiger partial charge >= 0.3 is 35.5 Å². The molecule has 3 aromatic rings. The van der Waals surface area contributed by atoms with E-state index in [1.807, 2.05) is 12.1 Å².